The molecule has 72 valence electrons. The highest BCUT2D eigenvalue weighted by molar-refractivity contribution is 5.74. The van der Waals surface area contributed by atoms with Crippen LogP contribution in [0.15, 0.2) is 0 Å². The maximum absolute atomic E-state index is 10.6. The number of rotatable bonds is 5. The lowest BCUT2D eigenvalue weighted by Crippen LogP contribution is -2.37. The van der Waals surface area contributed by atoms with Gasteiger partial charge in [-0.2, -0.15) is 0 Å². The van der Waals surface area contributed by atoms with Gasteiger partial charge in [0, 0.05) is 0 Å². The highest BCUT2D eigenvalue weighted by Gasteiger charge is 2.33. The van der Waals surface area contributed by atoms with Crippen molar-refractivity contribution in [1.29, 1.82) is 0 Å². The third-order valence-corrected chi connectivity index (χ3v) is 1.60. The summed E-state index contributed by atoms with van der Waals surface area (Å²) in [6, 6.07) is 0. The fraction of sp³-hybridized carbons (Fsp3) is 0.875. The van der Waals surface area contributed by atoms with Crippen LogP contribution >= 0.6 is 0 Å². The number of carbonyl (C=O) groups is 1. The van der Waals surface area contributed by atoms with Crippen LogP contribution in [-0.4, -0.2) is 35.5 Å². The number of hydrogen-bond donors (Lipinski definition) is 2. The van der Waals surface area contributed by atoms with E-state index in [-0.39, 0.29) is 12.7 Å². The molecule has 0 aromatic heterocycles. The van der Waals surface area contributed by atoms with Crippen molar-refractivity contribution in [3.63, 3.8) is 0 Å². The molecule has 0 aliphatic carbocycles. The van der Waals surface area contributed by atoms with E-state index in [0.717, 1.165) is 0 Å². The number of ether oxygens (including phenoxy) is 1. The number of carboxylic acids is 1. The van der Waals surface area contributed by atoms with Crippen LogP contribution in [0, 0.1) is 5.41 Å². The highest BCUT2D eigenvalue weighted by atomic mass is 16.5. The van der Waals surface area contributed by atoms with E-state index in [4.69, 9.17) is 14.9 Å². The van der Waals surface area contributed by atoms with Gasteiger partial charge >= 0.3 is 5.97 Å². The molecule has 0 amide bonds. The maximum atomic E-state index is 10.6. The van der Waals surface area contributed by atoms with Gasteiger partial charge in [0.05, 0.1) is 19.3 Å². The van der Waals surface area contributed by atoms with E-state index in [9.17, 15) is 4.79 Å². The van der Waals surface area contributed by atoms with E-state index in [2.05, 4.69) is 0 Å². The molecule has 1 atom stereocenters. The monoisotopic (exact) mass is 176 g/mol. The lowest BCUT2D eigenvalue weighted by atomic mass is 9.93. The topological polar surface area (TPSA) is 66.8 Å². The molecule has 2 N–H and O–H groups in total. The Hall–Kier alpha value is -0.610. The van der Waals surface area contributed by atoms with Crippen molar-refractivity contribution in [1.82, 2.24) is 0 Å². The quantitative estimate of drug-likeness (QED) is 0.640. The smallest absolute Gasteiger partial charge is 0.314 e. The minimum absolute atomic E-state index is 0.0183. The van der Waals surface area contributed by atoms with E-state index < -0.39 is 18.0 Å². The van der Waals surface area contributed by atoms with Gasteiger partial charge in [0.1, 0.15) is 5.41 Å². The molecule has 0 spiro atoms. The molecule has 4 nitrogen and oxygen atoms in total. The van der Waals surface area contributed by atoms with E-state index in [1.807, 2.05) is 13.8 Å². The first-order valence-electron chi connectivity index (χ1n) is 3.88. The third-order valence-electron chi connectivity index (χ3n) is 1.60. The minimum Gasteiger partial charge on any atom is -0.481 e. The molecule has 0 heterocycles. The Morgan fingerprint density at radius 3 is 2.33 bits per heavy atom. The Kier molecular flexibility index (Phi) is 4.20. The van der Waals surface area contributed by atoms with Crippen LogP contribution in [0.5, 0.6) is 0 Å². The number of aliphatic hydroxyl groups excluding tert-OH is 1. The number of hydrogen-bond acceptors (Lipinski definition) is 3. The van der Waals surface area contributed by atoms with Crippen molar-refractivity contribution in [2.45, 2.75) is 26.9 Å². The molecule has 0 bridgehead atoms. The first-order chi connectivity index (χ1) is 5.42. The van der Waals surface area contributed by atoms with Gasteiger partial charge < -0.3 is 14.9 Å². The van der Waals surface area contributed by atoms with Gasteiger partial charge in [0.2, 0.25) is 0 Å². The van der Waals surface area contributed by atoms with E-state index in [1.165, 1.54) is 6.92 Å². The predicted molar refractivity (Wildman–Crippen MR) is 43.9 cm³/mol. The summed E-state index contributed by atoms with van der Waals surface area (Å²) in [5.74, 6) is -1.04. The molecule has 0 radical (unpaired) electrons. The molecule has 0 saturated carbocycles. The molecule has 0 aliphatic heterocycles. The van der Waals surface area contributed by atoms with Crippen molar-refractivity contribution in [2.75, 3.05) is 13.2 Å². The second-order valence-electron chi connectivity index (χ2n) is 3.38. The summed E-state index contributed by atoms with van der Waals surface area (Å²) in [7, 11) is 0. The molecule has 0 aromatic rings. The summed E-state index contributed by atoms with van der Waals surface area (Å²) in [4.78, 5) is 10.6. The molecular formula is C8H16O4. The average molecular weight is 176 g/mol. The second-order valence-corrected chi connectivity index (χ2v) is 3.38. The fourth-order valence-electron chi connectivity index (χ4n) is 0.526. The second kappa shape index (κ2) is 4.42. The van der Waals surface area contributed by atoms with Crippen LogP contribution in [0.1, 0.15) is 20.8 Å². The molecule has 0 rings (SSSR count). The van der Waals surface area contributed by atoms with E-state index in [1.54, 1.807) is 0 Å². The van der Waals surface area contributed by atoms with Crippen molar-refractivity contribution in [3.05, 3.63) is 0 Å². The van der Waals surface area contributed by atoms with Crippen molar-refractivity contribution < 1.29 is 19.7 Å². The zero-order valence-corrected chi connectivity index (χ0v) is 7.70. The zero-order chi connectivity index (χ0) is 9.78. The van der Waals surface area contributed by atoms with E-state index >= 15 is 0 Å². The van der Waals surface area contributed by atoms with Crippen LogP contribution in [0.25, 0.3) is 0 Å². The minimum atomic E-state index is -1.18. The van der Waals surface area contributed by atoms with Crippen LogP contribution in [0.3, 0.4) is 0 Å². The largest absolute Gasteiger partial charge is 0.481 e. The Morgan fingerprint density at radius 2 is 2.08 bits per heavy atom. The van der Waals surface area contributed by atoms with Crippen molar-refractivity contribution in [2.24, 2.45) is 5.41 Å². The lowest BCUT2D eigenvalue weighted by molar-refractivity contribution is -0.155. The normalized spacial score (nSPS) is 16.1. The molecular weight excluding hydrogens is 160 g/mol. The van der Waals surface area contributed by atoms with Gasteiger partial charge in [-0.05, 0) is 20.8 Å². The Bertz CT molecular complexity index is 155. The molecule has 0 aromatic carbocycles. The number of aliphatic hydroxyl groups is 1. The maximum Gasteiger partial charge on any atom is 0.314 e. The van der Waals surface area contributed by atoms with Crippen molar-refractivity contribution >= 4 is 5.97 Å². The first kappa shape index (κ1) is 11.4. The predicted octanol–water partition coefficient (Wildman–Crippen LogP) is 0.495. The molecule has 0 saturated heterocycles. The van der Waals surface area contributed by atoms with Gasteiger partial charge in [0.15, 0.2) is 0 Å². The summed E-state index contributed by atoms with van der Waals surface area (Å²) in [5, 5.41) is 17.5. The van der Waals surface area contributed by atoms with Gasteiger partial charge in [-0.15, -0.1) is 0 Å². The SMILES string of the molecule is CC(C)OCC(C)(CO)C(=O)O. The molecule has 4 heteroatoms. The van der Waals surface area contributed by atoms with E-state index in [0.29, 0.717) is 0 Å². The third kappa shape index (κ3) is 3.19. The van der Waals surface area contributed by atoms with Crippen molar-refractivity contribution in [3.8, 4) is 0 Å². The Balaban J connectivity index is 4.06. The van der Waals surface area contributed by atoms with Crippen LogP contribution < -0.4 is 0 Å². The van der Waals surface area contributed by atoms with Crippen LogP contribution in [0.2, 0.25) is 0 Å². The average Bonchev–Trinajstić information content (AvgIpc) is 1.99. The summed E-state index contributed by atoms with van der Waals surface area (Å²) >= 11 is 0. The Morgan fingerprint density at radius 1 is 1.58 bits per heavy atom. The molecule has 0 aliphatic rings. The Labute approximate surface area is 72.2 Å². The highest BCUT2D eigenvalue weighted by Crippen LogP contribution is 2.16. The lowest BCUT2D eigenvalue weighted by Gasteiger charge is -2.22. The van der Waals surface area contributed by atoms with Crippen LogP contribution in [0.4, 0.5) is 0 Å². The van der Waals surface area contributed by atoms with Gasteiger partial charge in [0.25, 0.3) is 0 Å². The molecule has 1 unspecified atom stereocenters. The fourth-order valence-corrected chi connectivity index (χ4v) is 0.526. The zero-order valence-electron chi connectivity index (χ0n) is 7.70. The first-order valence-corrected chi connectivity index (χ1v) is 3.88. The molecule has 0 fully saturated rings. The number of aliphatic carboxylic acids is 1. The summed E-state index contributed by atoms with van der Waals surface area (Å²) < 4.78 is 5.12. The summed E-state index contributed by atoms with van der Waals surface area (Å²) in [6.45, 7) is 4.72. The summed E-state index contributed by atoms with van der Waals surface area (Å²) in [5.41, 5.74) is -1.18. The standard InChI is InChI=1S/C8H16O4/c1-6(2)12-5-8(3,4-9)7(10)11/h6,9H,4-5H2,1-3H3,(H,10,11). The van der Waals surface area contributed by atoms with Gasteiger partial charge in [-0.25, -0.2) is 0 Å². The molecule has 12 heavy (non-hydrogen) atoms. The van der Waals surface area contributed by atoms with Gasteiger partial charge in [-0.1, -0.05) is 0 Å². The van der Waals surface area contributed by atoms with Gasteiger partial charge in [-0.3, -0.25) is 4.79 Å². The summed E-state index contributed by atoms with van der Waals surface area (Å²) in [6.07, 6.45) is -0.0183. The van der Waals surface area contributed by atoms with Crippen LogP contribution in [-0.2, 0) is 9.53 Å². The number of carboxylic acid groups (broad SMARTS) is 1.